The van der Waals surface area contributed by atoms with E-state index in [2.05, 4.69) is 15.9 Å². The van der Waals surface area contributed by atoms with Crippen LogP contribution < -0.4 is 0 Å². The zero-order chi connectivity index (χ0) is 13.3. The van der Waals surface area contributed by atoms with Crippen molar-refractivity contribution in [2.75, 3.05) is 0 Å². The van der Waals surface area contributed by atoms with Crippen molar-refractivity contribution >= 4 is 21.9 Å². The Hall–Kier alpha value is -1.66. The Morgan fingerprint density at radius 2 is 2.06 bits per heavy atom. The second kappa shape index (κ2) is 4.91. The minimum atomic E-state index is -1.23. The summed E-state index contributed by atoms with van der Waals surface area (Å²) < 4.78 is 18.6. The minimum absolute atomic E-state index is 0.0405. The number of aliphatic hydroxyl groups is 1. The molecule has 6 heteroatoms. The molecule has 0 saturated heterocycles. The maximum atomic E-state index is 13.1. The molecular weight excluding hydrogens is 307 g/mol. The molecule has 1 atom stereocenters. The van der Waals surface area contributed by atoms with Crippen LogP contribution >= 0.6 is 15.9 Å². The lowest BCUT2D eigenvalue weighted by Crippen LogP contribution is -2.00. The second-order valence-electron chi connectivity index (χ2n) is 3.58. The molecule has 0 radical (unpaired) electrons. The van der Waals surface area contributed by atoms with E-state index in [9.17, 15) is 14.3 Å². The van der Waals surface area contributed by atoms with Crippen molar-refractivity contribution in [3.8, 4) is 0 Å². The highest BCUT2D eigenvalue weighted by molar-refractivity contribution is 9.10. The first-order chi connectivity index (χ1) is 8.49. The Morgan fingerprint density at radius 1 is 1.33 bits per heavy atom. The fourth-order valence-corrected chi connectivity index (χ4v) is 1.96. The fourth-order valence-electron chi connectivity index (χ4n) is 1.49. The van der Waals surface area contributed by atoms with Crippen LogP contribution in [-0.2, 0) is 0 Å². The molecule has 18 heavy (non-hydrogen) atoms. The molecule has 2 aromatic rings. The van der Waals surface area contributed by atoms with Crippen molar-refractivity contribution in [3.05, 3.63) is 57.7 Å². The molecule has 94 valence electrons. The lowest BCUT2D eigenvalue weighted by molar-refractivity contribution is 0.0655. The van der Waals surface area contributed by atoms with E-state index in [-0.39, 0.29) is 17.1 Å². The molecule has 0 aliphatic rings. The first kappa shape index (κ1) is 12.8. The third kappa shape index (κ3) is 2.44. The van der Waals surface area contributed by atoms with Crippen LogP contribution in [-0.4, -0.2) is 16.2 Å². The number of carbonyl (C=O) groups is 1. The molecule has 0 aliphatic heterocycles. The number of carboxylic acids is 1. The summed E-state index contributed by atoms with van der Waals surface area (Å²) in [5.41, 5.74) is 0.265. The van der Waals surface area contributed by atoms with Gasteiger partial charge in [0.05, 0.1) is 0 Å². The van der Waals surface area contributed by atoms with Gasteiger partial charge in [-0.2, -0.15) is 0 Å². The van der Waals surface area contributed by atoms with Gasteiger partial charge in [-0.05, 0) is 30.3 Å². The maximum absolute atomic E-state index is 13.1. The number of furan rings is 1. The number of benzene rings is 1. The van der Waals surface area contributed by atoms with Crippen molar-refractivity contribution in [2.24, 2.45) is 0 Å². The van der Waals surface area contributed by atoms with Crippen molar-refractivity contribution in [1.29, 1.82) is 0 Å². The second-order valence-corrected chi connectivity index (χ2v) is 4.43. The summed E-state index contributed by atoms with van der Waals surface area (Å²) in [5.74, 6) is -1.97. The summed E-state index contributed by atoms with van der Waals surface area (Å²) in [6.45, 7) is 0. The molecular formula is C12H8BrFO4. The van der Waals surface area contributed by atoms with E-state index < -0.39 is 17.9 Å². The number of aliphatic hydroxyl groups excluding tert-OH is 1. The van der Waals surface area contributed by atoms with E-state index in [0.29, 0.717) is 4.47 Å². The molecule has 0 aliphatic carbocycles. The van der Waals surface area contributed by atoms with Gasteiger partial charge in [0.1, 0.15) is 17.7 Å². The summed E-state index contributed by atoms with van der Waals surface area (Å²) in [5, 5.41) is 18.7. The summed E-state index contributed by atoms with van der Waals surface area (Å²) in [7, 11) is 0. The number of hydrogen-bond acceptors (Lipinski definition) is 3. The standard InChI is InChI=1S/C12H8BrFO4/c13-8-2-1-6(14)5-7(8)11(15)9-3-4-10(18-9)12(16)17/h1-5,11,15H,(H,16,17). The highest BCUT2D eigenvalue weighted by Crippen LogP contribution is 2.30. The Kier molecular flexibility index (Phi) is 3.49. The van der Waals surface area contributed by atoms with E-state index in [0.717, 1.165) is 6.07 Å². The SMILES string of the molecule is O=C(O)c1ccc(C(O)c2cc(F)ccc2Br)o1. The van der Waals surface area contributed by atoms with Gasteiger partial charge in [0.15, 0.2) is 0 Å². The number of halogens is 2. The third-order valence-corrected chi connectivity index (χ3v) is 3.08. The lowest BCUT2D eigenvalue weighted by Gasteiger charge is -2.10. The molecule has 0 amide bonds. The van der Waals surface area contributed by atoms with Crippen LogP contribution in [0.4, 0.5) is 4.39 Å². The van der Waals surface area contributed by atoms with Gasteiger partial charge in [-0.3, -0.25) is 0 Å². The third-order valence-electron chi connectivity index (χ3n) is 2.36. The van der Waals surface area contributed by atoms with E-state index in [1.54, 1.807) is 0 Å². The molecule has 2 rings (SSSR count). The van der Waals surface area contributed by atoms with Crippen molar-refractivity contribution in [3.63, 3.8) is 0 Å². The molecule has 0 spiro atoms. The molecule has 2 N–H and O–H groups in total. The predicted octanol–water partition coefficient (Wildman–Crippen LogP) is 2.96. The van der Waals surface area contributed by atoms with Crippen LogP contribution in [0.5, 0.6) is 0 Å². The topological polar surface area (TPSA) is 70.7 Å². The maximum Gasteiger partial charge on any atom is 0.371 e. The lowest BCUT2D eigenvalue weighted by atomic mass is 10.1. The first-order valence-corrected chi connectivity index (χ1v) is 5.74. The smallest absolute Gasteiger partial charge is 0.371 e. The fraction of sp³-hybridized carbons (Fsp3) is 0.0833. The molecule has 4 nitrogen and oxygen atoms in total. The Balaban J connectivity index is 2.37. The number of aromatic carboxylic acids is 1. The van der Waals surface area contributed by atoms with Crippen molar-refractivity contribution in [1.82, 2.24) is 0 Å². The zero-order valence-electron chi connectivity index (χ0n) is 8.93. The Bertz CT molecular complexity index is 594. The Labute approximate surface area is 110 Å². The zero-order valence-corrected chi connectivity index (χ0v) is 10.5. The van der Waals surface area contributed by atoms with Crippen LogP contribution in [0.1, 0.15) is 28.0 Å². The average Bonchev–Trinajstić information content (AvgIpc) is 2.81. The van der Waals surface area contributed by atoms with Crippen molar-refractivity contribution < 1.29 is 23.8 Å². The summed E-state index contributed by atoms with van der Waals surface area (Å²) in [6.07, 6.45) is -1.23. The van der Waals surface area contributed by atoms with Gasteiger partial charge in [0.2, 0.25) is 5.76 Å². The number of carboxylic acid groups (broad SMARTS) is 1. The molecule has 1 aromatic carbocycles. The van der Waals surface area contributed by atoms with Gasteiger partial charge in [-0.25, -0.2) is 9.18 Å². The highest BCUT2D eigenvalue weighted by Gasteiger charge is 2.19. The molecule has 1 unspecified atom stereocenters. The van der Waals surface area contributed by atoms with Gasteiger partial charge in [-0.15, -0.1) is 0 Å². The highest BCUT2D eigenvalue weighted by atomic mass is 79.9. The van der Waals surface area contributed by atoms with E-state index in [4.69, 9.17) is 9.52 Å². The van der Waals surface area contributed by atoms with Gasteiger partial charge >= 0.3 is 5.97 Å². The first-order valence-electron chi connectivity index (χ1n) is 4.95. The van der Waals surface area contributed by atoms with Gasteiger partial charge in [-0.1, -0.05) is 15.9 Å². The number of rotatable bonds is 3. The summed E-state index contributed by atoms with van der Waals surface area (Å²) >= 11 is 3.18. The molecule has 1 heterocycles. The minimum Gasteiger partial charge on any atom is -0.475 e. The van der Waals surface area contributed by atoms with E-state index >= 15 is 0 Å². The van der Waals surface area contributed by atoms with E-state index in [1.165, 1.54) is 24.3 Å². The summed E-state index contributed by atoms with van der Waals surface area (Å²) in [4.78, 5) is 10.6. The Morgan fingerprint density at radius 3 is 2.67 bits per heavy atom. The number of hydrogen-bond donors (Lipinski definition) is 2. The monoisotopic (exact) mass is 314 g/mol. The van der Waals surface area contributed by atoms with Gasteiger partial charge < -0.3 is 14.6 Å². The van der Waals surface area contributed by atoms with E-state index in [1.807, 2.05) is 0 Å². The average molecular weight is 315 g/mol. The molecule has 0 saturated carbocycles. The largest absolute Gasteiger partial charge is 0.475 e. The van der Waals surface area contributed by atoms with Crippen LogP contribution in [0, 0.1) is 5.82 Å². The molecule has 0 fully saturated rings. The quantitative estimate of drug-likeness (QED) is 0.913. The van der Waals surface area contributed by atoms with Gasteiger partial charge in [0, 0.05) is 10.0 Å². The van der Waals surface area contributed by atoms with Crippen molar-refractivity contribution in [2.45, 2.75) is 6.10 Å². The molecule has 0 bridgehead atoms. The normalized spacial score (nSPS) is 12.4. The summed E-state index contributed by atoms with van der Waals surface area (Å²) in [6, 6.07) is 6.41. The van der Waals surface area contributed by atoms with Crippen LogP contribution in [0.15, 0.2) is 39.2 Å². The van der Waals surface area contributed by atoms with Crippen LogP contribution in [0.25, 0.3) is 0 Å². The van der Waals surface area contributed by atoms with Crippen LogP contribution in [0.2, 0.25) is 0 Å². The predicted molar refractivity (Wildman–Crippen MR) is 63.8 cm³/mol. The van der Waals surface area contributed by atoms with Gasteiger partial charge in [0.25, 0.3) is 0 Å². The molecule has 1 aromatic heterocycles. The van der Waals surface area contributed by atoms with Crippen LogP contribution in [0.3, 0.4) is 0 Å².